The summed E-state index contributed by atoms with van der Waals surface area (Å²) in [7, 11) is 1.58. The van der Waals surface area contributed by atoms with Gasteiger partial charge in [-0.05, 0) is 72.2 Å². The highest BCUT2D eigenvalue weighted by Crippen LogP contribution is 2.28. The molecule has 9 nitrogen and oxygen atoms in total. The van der Waals surface area contributed by atoms with Crippen LogP contribution < -0.4 is 4.74 Å². The van der Waals surface area contributed by atoms with Gasteiger partial charge in [-0.15, -0.1) is 0 Å². The van der Waals surface area contributed by atoms with Crippen LogP contribution in [0.25, 0.3) is 0 Å². The van der Waals surface area contributed by atoms with Gasteiger partial charge in [0.05, 0.1) is 19.2 Å². The number of benzene rings is 4. The molecule has 2 aliphatic rings. The number of carbonyl (C=O) groups excluding carboxylic acids is 4. The number of nitrogens with zero attached hydrogens (tertiary/aromatic N) is 2. The minimum Gasteiger partial charge on any atom is -0.497 e. The van der Waals surface area contributed by atoms with Crippen molar-refractivity contribution in [2.24, 2.45) is 5.92 Å². The van der Waals surface area contributed by atoms with E-state index in [1.54, 1.807) is 37.5 Å². The van der Waals surface area contributed by atoms with Crippen LogP contribution in [-0.4, -0.2) is 66.2 Å². The van der Waals surface area contributed by atoms with E-state index in [1.165, 1.54) is 9.80 Å². The second-order valence-electron chi connectivity index (χ2n) is 12.7. The Kier molecular flexibility index (Phi) is 11.5. The third-order valence-electron chi connectivity index (χ3n) is 9.20. The van der Waals surface area contributed by atoms with Crippen LogP contribution >= 0.6 is 11.6 Å². The van der Waals surface area contributed by atoms with Crippen molar-refractivity contribution in [3.05, 3.63) is 148 Å². The lowest BCUT2D eigenvalue weighted by molar-refractivity contribution is -0.133. The molecule has 2 aliphatic heterocycles. The normalized spacial score (nSPS) is 18.0. The van der Waals surface area contributed by atoms with Crippen LogP contribution in [0.4, 0.5) is 9.59 Å². The number of imide groups is 2. The standard InChI is InChI=1S/C41H39ClN2O7/c1-49-37-19-15-30(16-20-37)21-32(38(45)43-35(26-50-40(43)47)24-28-9-4-2-5-10-28)17-18-33(22-31-13-8-14-34(42)23-31)39(46)44-36(27-51-41(44)48)25-29-11-6-3-7-12-29/h2-17,19-20,23,33,35-36H,18,21-22,24-27H2,1H3/t33?,35-,36-/m0/s1. The van der Waals surface area contributed by atoms with E-state index in [9.17, 15) is 19.2 Å². The molecule has 10 heteroatoms. The molecule has 0 N–H and O–H groups in total. The van der Waals surface area contributed by atoms with Crippen LogP contribution in [0.5, 0.6) is 5.75 Å². The zero-order chi connectivity index (χ0) is 35.7. The molecule has 2 fully saturated rings. The van der Waals surface area contributed by atoms with E-state index >= 15 is 0 Å². The number of rotatable bonds is 13. The SMILES string of the molecule is COc1ccc(CC(=CCC(Cc2cccc(Cl)c2)C(=O)N2C(=O)OC[C@@H]2Cc2ccccc2)C(=O)N2C(=O)OC[C@@H]2Cc2ccccc2)cc1. The summed E-state index contributed by atoms with van der Waals surface area (Å²) in [5.74, 6) is -0.993. The third-order valence-corrected chi connectivity index (χ3v) is 9.44. The Hall–Kier alpha value is -5.41. The van der Waals surface area contributed by atoms with E-state index < -0.39 is 42.0 Å². The Morgan fingerprint density at radius 2 is 1.33 bits per heavy atom. The summed E-state index contributed by atoms with van der Waals surface area (Å²) in [5, 5.41) is 0.518. The molecule has 4 amide bonds. The van der Waals surface area contributed by atoms with Crippen molar-refractivity contribution in [3.63, 3.8) is 0 Å². The summed E-state index contributed by atoms with van der Waals surface area (Å²) in [6, 6.07) is 32.8. The number of ether oxygens (including phenoxy) is 3. The van der Waals surface area contributed by atoms with Crippen molar-refractivity contribution in [1.82, 2.24) is 9.80 Å². The first-order chi connectivity index (χ1) is 24.8. The molecule has 0 bridgehead atoms. The van der Waals surface area contributed by atoms with Crippen molar-refractivity contribution in [3.8, 4) is 5.75 Å². The maximum Gasteiger partial charge on any atom is 0.417 e. The average molecular weight is 707 g/mol. The van der Waals surface area contributed by atoms with Gasteiger partial charge in [0.1, 0.15) is 19.0 Å². The zero-order valence-electron chi connectivity index (χ0n) is 28.3. The maximum absolute atomic E-state index is 14.4. The molecule has 0 aliphatic carbocycles. The minimum absolute atomic E-state index is 0.0744. The van der Waals surface area contributed by atoms with Crippen LogP contribution in [0.15, 0.2) is 121 Å². The van der Waals surface area contributed by atoms with E-state index in [0.29, 0.717) is 29.2 Å². The summed E-state index contributed by atoms with van der Waals surface area (Å²) in [6.07, 6.45) is 1.74. The first-order valence-corrected chi connectivity index (χ1v) is 17.3. The number of halogens is 1. The summed E-state index contributed by atoms with van der Waals surface area (Å²) in [4.78, 5) is 57.4. The third kappa shape index (κ3) is 8.85. The van der Waals surface area contributed by atoms with Crippen molar-refractivity contribution in [2.75, 3.05) is 20.3 Å². The van der Waals surface area contributed by atoms with Gasteiger partial charge in [-0.2, -0.15) is 0 Å². The van der Waals surface area contributed by atoms with Gasteiger partial charge in [0.25, 0.3) is 5.91 Å². The van der Waals surface area contributed by atoms with Crippen LogP contribution in [-0.2, 0) is 44.7 Å². The molecule has 4 aromatic rings. The molecule has 0 saturated carbocycles. The molecule has 2 heterocycles. The quantitative estimate of drug-likeness (QED) is 0.135. The topological polar surface area (TPSA) is 102 Å². The Labute approximate surface area is 302 Å². The fourth-order valence-electron chi connectivity index (χ4n) is 6.57. The Bertz CT molecular complexity index is 1880. The average Bonchev–Trinajstić information content (AvgIpc) is 3.70. The molecule has 1 unspecified atom stereocenters. The van der Waals surface area contributed by atoms with Gasteiger partial charge >= 0.3 is 12.2 Å². The minimum atomic E-state index is -0.753. The molecule has 6 rings (SSSR count). The molecule has 0 spiro atoms. The van der Waals surface area contributed by atoms with Crippen LogP contribution in [0.1, 0.15) is 28.7 Å². The van der Waals surface area contributed by atoms with Crippen molar-refractivity contribution in [1.29, 1.82) is 0 Å². The number of hydrogen-bond donors (Lipinski definition) is 0. The maximum atomic E-state index is 14.4. The molecule has 4 aromatic carbocycles. The van der Waals surface area contributed by atoms with Crippen molar-refractivity contribution < 1.29 is 33.4 Å². The predicted octanol–water partition coefficient (Wildman–Crippen LogP) is 7.25. The first kappa shape index (κ1) is 35.4. The second kappa shape index (κ2) is 16.5. The van der Waals surface area contributed by atoms with Crippen LogP contribution in [0.2, 0.25) is 5.02 Å². The first-order valence-electron chi connectivity index (χ1n) is 16.9. The molecule has 262 valence electrons. The summed E-state index contributed by atoms with van der Waals surface area (Å²) >= 11 is 6.33. The van der Waals surface area contributed by atoms with Crippen molar-refractivity contribution >= 4 is 35.6 Å². The molecule has 0 aromatic heterocycles. The molecular formula is C41H39ClN2O7. The van der Waals surface area contributed by atoms with Crippen molar-refractivity contribution in [2.45, 2.75) is 44.2 Å². The van der Waals surface area contributed by atoms with Gasteiger partial charge in [-0.3, -0.25) is 9.59 Å². The lowest BCUT2D eigenvalue weighted by atomic mass is 9.91. The van der Waals surface area contributed by atoms with Gasteiger partial charge in [0.15, 0.2) is 0 Å². The lowest BCUT2D eigenvalue weighted by Gasteiger charge is -2.25. The predicted molar refractivity (Wildman–Crippen MR) is 192 cm³/mol. The van der Waals surface area contributed by atoms with Crippen LogP contribution in [0.3, 0.4) is 0 Å². The van der Waals surface area contributed by atoms with Gasteiger partial charge in [0, 0.05) is 22.9 Å². The number of carbonyl (C=O) groups is 4. The fourth-order valence-corrected chi connectivity index (χ4v) is 6.78. The highest BCUT2D eigenvalue weighted by atomic mass is 35.5. The van der Waals surface area contributed by atoms with E-state index in [0.717, 1.165) is 22.3 Å². The summed E-state index contributed by atoms with van der Waals surface area (Å²) in [5.41, 5.74) is 3.88. The highest BCUT2D eigenvalue weighted by molar-refractivity contribution is 6.30. The Balaban J connectivity index is 1.32. The highest BCUT2D eigenvalue weighted by Gasteiger charge is 2.42. The largest absolute Gasteiger partial charge is 0.497 e. The van der Waals surface area contributed by atoms with Gasteiger partial charge in [-0.1, -0.05) is 103 Å². The molecular weight excluding hydrogens is 668 g/mol. The zero-order valence-corrected chi connectivity index (χ0v) is 29.0. The van der Waals surface area contributed by atoms with E-state index in [2.05, 4.69) is 0 Å². The number of allylic oxidation sites excluding steroid dienone is 1. The number of methoxy groups -OCH3 is 1. The molecule has 0 radical (unpaired) electrons. The number of hydrogen-bond acceptors (Lipinski definition) is 7. The smallest absolute Gasteiger partial charge is 0.417 e. The van der Waals surface area contributed by atoms with Gasteiger partial charge in [-0.25, -0.2) is 19.4 Å². The molecule has 3 atom stereocenters. The molecule has 2 saturated heterocycles. The summed E-state index contributed by atoms with van der Waals surface area (Å²) < 4.78 is 16.1. The van der Waals surface area contributed by atoms with E-state index in [-0.39, 0.29) is 32.5 Å². The Morgan fingerprint density at radius 3 is 1.92 bits per heavy atom. The van der Waals surface area contributed by atoms with Gasteiger partial charge < -0.3 is 14.2 Å². The summed E-state index contributed by atoms with van der Waals surface area (Å²) in [6.45, 7) is 0.158. The van der Waals surface area contributed by atoms with Gasteiger partial charge in [0.2, 0.25) is 5.91 Å². The van der Waals surface area contributed by atoms with E-state index in [4.69, 9.17) is 25.8 Å². The van der Waals surface area contributed by atoms with E-state index in [1.807, 2.05) is 84.9 Å². The molecule has 51 heavy (non-hydrogen) atoms. The second-order valence-corrected chi connectivity index (χ2v) is 13.2. The Morgan fingerprint density at radius 1 is 0.765 bits per heavy atom. The van der Waals surface area contributed by atoms with Crippen LogP contribution in [0, 0.1) is 5.92 Å². The monoisotopic (exact) mass is 706 g/mol. The fraction of sp³-hybridized carbons (Fsp3) is 0.268. The lowest BCUT2D eigenvalue weighted by Crippen LogP contribution is -2.44. The number of amides is 4. The number of cyclic esters (lactones) is 2.